The maximum atomic E-state index is 12.5. The Bertz CT molecular complexity index is 5030. The topological polar surface area (TPSA) is 267 Å². The smallest absolute Gasteiger partial charge is 0.282 e. The minimum Gasteiger partial charge on any atom is -0.290 e. The Morgan fingerprint density at radius 1 is 0.333 bits per heavy atom. The summed E-state index contributed by atoms with van der Waals surface area (Å²) in [5.74, 6) is 0.993. The lowest BCUT2D eigenvalue weighted by Crippen LogP contribution is -2.15. The van der Waals surface area contributed by atoms with E-state index in [-0.39, 0.29) is 22.2 Å². The molecule has 0 unspecified atom stereocenters. The van der Waals surface area contributed by atoms with Gasteiger partial charge >= 0.3 is 0 Å². The van der Waals surface area contributed by atoms with Gasteiger partial charge in [0.1, 0.15) is 0 Å². The fraction of sp³-hybridized carbons (Fsp3) is 0.0167. The average molecular weight is 1170 g/mol. The van der Waals surface area contributed by atoms with Crippen LogP contribution in [0.4, 0.5) is 0 Å². The second-order valence-electron chi connectivity index (χ2n) is 18.9. The van der Waals surface area contributed by atoms with Crippen LogP contribution in [0.3, 0.4) is 0 Å². The number of benzene rings is 4. The Hall–Kier alpha value is -11.0. The Kier molecular flexibility index (Phi) is 13.6. The van der Waals surface area contributed by atoms with Crippen molar-refractivity contribution in [1.82, 2.24) is 84.0 Å². The van der Waals surface area contributed by atoms with E-state index in [1.807, 2.05) is 55.5 Å². The molecular weight excluding hydrogens is 1130 g/mol. The maximum Gasteiger partial charge on any atom is 0.282 e. The van der Waals surface area contributed by atoms with Gasteiger partial charge in [-0.1, -0.05) is 53.0 Å². The number of aryl methyl sites for hydroxylation is 1. The van der Waals surface area contributed by atoms with Crippen molar-refractivity contribution in [3.8, 4) is 23.0 Å². The van der Waals surface area contributed by atoms with E-state index in [0.717, 1.165) is 71.4 Å². The van der Waals surface area contributed by atoms with Gasteiger partial charge < -0.3 is 0 Å². The molecule has 4 aromatic carbocycles. The van der Waals surface area contributed by atoms with Gasteiger partial charge in [0.25, 0.3) is 22.2 Å². The first-order valence-electron chi connectivity index (χ1n) is 25.5. The number of nitrogens with one attached hydrogen (secondary N) is 4. The number of nitrogens with zero attached hydrogens (tertiary/aromatic N) is 13. The van der Waals surface area contributed by atoms with Crippen LogP contribution in [0.25, 0.3) is 110 Å². The number of aromatic amines is 4. The molecule has 84 heavy (non-hydrogen) atoms. The molecule has 12 aromatic heterocycles. The third-order valence-electron chi connectivity index (χ3n) is 13.6. The van der Waals surface area contributed by atoms with Gasteiger partial charge in [-0.3, -0.25) is 74.5 Å². The number of rotatable bonds is 4. The molecule has 0 radical (unpaired) electrons. The monoisotopic (exact) mass is 1170 g/mol. The van der Waals surface area contributed by atoms with Gasteiger partial charge in [-0.15, -0.1) is 0 Å². The van der Waals surface area contributed by atoms with Crippen LogP contribution in [0.15, 0.2) is 209 Å². The Balaban J connectivity index is 0.000000104. The second kappa shape index (κ2) is 21.8. The van der Waals surface area contributed by atoms with Crippen molar-refractivity contribution >= 4 is 122 Å². The molecule has 0 amide bonds. The fourth-order valence-corrected chi connectivity index (χ4v) is 10.1. The summed E-state index contributed by atoms with van der Waals surface area (Å²) in [7, 11) is 0. The highest BCUT2D eigenvalue weighted by atomic mass is 35.5. The second-order valence-corrected chi connectivity index (χ2v) is 20.2. The van der Waals surface area contributed by atoms with E-state index in [4.69, 9.17) is 34.8 Å². The van der Waals surface area contributed by atoms with Gasteiger partial charge in [0, 0.05) is 98.6 Å². The summed E-state index contributed by atoms with van der Waals surface area (Å²) in [6.45, 7) is 2.01. The van der Waals surface area contributed by atoms with Crippen LogP contribution in [0.1, 0.15) is 5.56 Å². The van der Waals surface area contributed by atoms with E-state index < -0.39 is 0 Å². The van der Waals surface area contributed by atoms with E-state index in [9.17, 15) is 19.2 Å². The third kappa shape index (κ3) is 9.74. The molecule has 24 heteroatoms. The quantitative estimate of drug-likeness (QED) is 0.128. The van der Waals surface area contributed by atoms with E-state index in [0.29, 0.717) is 59.5 Å². The minimum atomic E-state index is -0.182. The molecule has 0 spiro atoms. The van der Waals surface area contributed by atoms with Gasteiger partial charge in [0.15, 0.2) is 11.6 Å². The molecule has 0 saturated carbocycles. The SMILES string of the molecule is Cc1ccc2c(c1)ncc1c(=O)n(-c3cnccn3)[nH]c12.O=c1c2cnc3ccc(Cl)cc3c2[nH]n1-c1ccccn1.O=c1c2cnc3ccc(Cl)cc3c2[nH]n1-c1cccnc1.O=c1c2cnc3ccc(Cl)cc3c2[nH]n1-c1ccncc1. The summed E-state index contributed by atoms with van der Waals surface area (Å²) in [4.78, 5) is 87.5. The summed E-state index contributed by atoms with van der Waals surface area (Å²) >= 11 is 18.1. The Morgan fingerprint density at radius 3 is 1.31 bits per heavy atom. The van der Waals surface area contributed by atoms with Crippen molar-refractivity contribution in [2.45, 2.75) is 6.92 Å². The molecule has 4 N–H and O–H groups in total. The number of pyridine rings is 7. The van der Waals surface area contributed by atoms with Crippen LogP contribution < -0.4 is 22.2 Å². The lowest BCUT2D eigenvalue weighted by molar-refractivity contribution is 0.823. The number of hydrogen-bond acceptors (Lipinski definition) is 13. The molecule has 0 fully saturated rings. The zero-order valence-corrected chi connectivity index (χ0v) is 45.7. The van der Waals surface area contributed by atoms with Crippen LogP contribution in [0.2, 0.25) is 15.1 Å². The summed E-state index contributed by atoms with van der Waals surface area (Å²) in [6.07, 6.45) is 19.2. The summed E-state index contributed by atoms with van der Waals surface area (Å²) in [5.41, 5.74) is 7.98. The molecule has 0 aliphatic rings. The van der Waals surface area contributed by atoms with E-state index in [1.165, 1.54) is 24.9 Å². The molecule has 16 rings (SSSR count). The largest absolute Gasteiger partial charge is 0.290 e. The van der Waals surface area contributed by atoms with Crippen LogP contribution in [0.5, 0.6) is 0 Å². The molecular formula is C60H38Cl3N17O4. The molecule has 0 aliphatic heterocycles. The van der Waals surface area contributed by atoms with Gasteiger partial charge in [0.2, 0.25) is 0 Å². The van der Waals surface area contributed by atoms with E-state index in [1.54, 1.807) is 135 Å². The lowest BCUT2D eigenvalue weighted by Gasteiger charge is -2.00. The van der Waals surface area contributed by atoms with Crippen LogP contribution in [-0.2, 0) is 0 Å². The van der Waals surface area contributed by atoms with E-state index in [2.05, 4.69) is 65.3 Å². The van der Waals surface area contributed by atoms with Crippen LogP contribution in [0, 0.1) is 6.92 Å². The number of H-pyrrole nitrogens is 4. The van der Waals surface area contributed by atoms with Crippen LogP contribution in [-0.4, -0.2) is 84.0 Å². The lowest BCUT2D eigenvalue weighted by atomic mass is 10.1. The summed E-state index contributed by atoms with van der Waals surface area (Å²) in [5, 5.41) is 19.7. The number of halogens is 3. The Morgan fingerprint density at radius 2 is 0.810 bits per heavy atom. The van der Waals surface area contributed by atoms with Crippen molar-refractivity contribution in [3.05, 3.63) is 252 Å². The van der Waals surface area contributed by atoms with Crippen molar-refractivity contribution in [1.29, 1.82) is 0 Å². The maximum absolute atomic E-state index is 12.5. The summed E-state index contributed by atoms with van der Waals surface area (Å²) in [6, 6.07) is 34.7. The first-order valence-corrected chi connectivity index (χ1v) is 26.6. The zero-order chi connectivity index (χ0) is 57.6. The average Bonchev–Trinajstić information content (AvgIpc) is 3.31. The first kappa shape index (κ1) is 52.4. The Labute approximate surface area is 485 Å². The zero-order valence-electron chi connectivity index (χ0n) is 43.5. The molecule has 0 atom stereocenters. The summed E-state index contributed by atoms with van der Waals surface area (Å²) < 4.78 is 5.74. The molecule has 408 valence electrons. The van der Waals surface area contributed by atoms with Gasteiger partial charge in [-0.05, 0) is 110 Å². The first-order chi connectivity index (χ1) is 40.9. The number of hydrogen-bond donors (Lipinski definition) is 4. The van der Waals surface area contributed by atoms with E-state index >= 15 is 0 Å². The number of fused-ring (bicyclic) bond motifs is 12. The third-order valence-corrected chi connectivity index (χ3v) is 14.3. The molecule has 21 nitrogen and oxygen atoms in total. The molecule has 0 aliphatic carbocycles. The molecule has 0 bridgehead atoms. The highest BCUT2D eigenvalue weighted by Gasteiger charge is 2.17. The molecule has 0 saturated heterocycles. The number of aromatic nitrogens is 17. The normalized spacial score (nSPS) is 11.3. The highest BCUT2D eigenvalue weighted by molar-refractivity contribution is 6.32. The van der Waals surface area contributed by atoms with Crippen molar-refractivity contribution < 1.29 is 0 Å². The van der Waals surface area contributed by atoms with Gasteiger partial charge in [-0.2, -0.15) is 4.68 Å². The standard InChI is InChI=1S/3C15H9ClN4O.C15H11N5O/c16-9-1-2-13-11(7-9)14-12(8-18-13)15(21)20(19-14)10-3-5-17-6-4-10;16-9-3-4-13-11(6-9)14-12(8-18-13)15(21)20(19-14)10-2-1-5-17-7-10;16-9-4-5-12-10(7-9)14-11(8-18-12)15(21)20(19-14)13-3-1-2-6-17-13;1-9-2-3-10-12(6-9)18-7-11-14(10)19-20(15(11)21)13-8-16-4-5-17-13/h3*1-8,19H;2-8,19H,1H3. The van der Waals surface area contributed by atoms with Gasteiger partial charge in [0.05, 0.1) is 89.4 Å². The highest BCUT2D eigenvalue weighted by Crippen LogP contribution is 2.28. The molecule has 12 heterocycles. The van der Waals surface area contributed by atoms with Crippen molar-refractivity contribution in [2.75, 3.05) is 0 Å². The minimum absolute atomic E-state index is 0.148. The van der Waals surface area contributed by atoms with Gasteiger partial charge in [-0.25, -0.2) is 24.0 Å². The van der Waals surface area contributed by atoms with Crippen molar-refractivity contribution in [2.24, 2.45) is 0 Å². The fourth-order valence-electron chi connectivity index (χ4n) is 9.62. The predicted molar refractivity (Wildman–Crippen MR) is 326 cm³/mol. The molecule has 16 aromatic rings. The predicted octanol–water partition coefficient (Wildman–Crippen LogP) is 10.7. The van der Waals surface area contributed by atoms with Crippen LogP contribution >= 0.6 is 34.8 Å². The van der Waals surface area contributed by atoms with Crippen molar-refractivity contribution in [3.63, 3.8) is 0 Å².